The monoisotopic (exact) mass is 264 g/mol. The molecule has 1 aromatic rings. The Hall–Kier alpha value is -1.72. The number of carbonyl (C=O) groups is 2. The van der Waals surface area contributed by atoms with Crippen molar-refractivity contribution in [2.75, 3.05) is 0 Å². The van der Waals surface area contributed by atoms with E-state index in [-0.39, 0.29) is 24.7 Å². The molecule has 2 atom stereocenters. The van der Waals surface area contributed by atoms with Crippen LogP contribution in [0, 0.1) is 0 Å². The summed E-state index contributed by atoms with van der Waals surface area (Å²) in [6, 6.07) is 5.95. The van der Waals surface area contributed by atoms with Crippen molar-refractivity contribution >= 4 is 11.7 Å². The number of carbonyl (C=O) groups excluding carboxylic acids is 2. The first kappa shape index (κ1) is 15.3. The summed E-state index contributed by atoms with van der Waals surface area (Å²) in [6.45, 7) is 3.19. The molecule has 0 heterocycles. The van der Waals surface area contributed by atoms with E-state index in [4.69, 9.17) is 10.8 Å². The number of rotatable bonds is 6. The molecule has 0 aliphatic carbocycles. The van der Waals surface area contributed by atoms with Crippen molar-refractivity contribution in [1.29, 1.82) is 0 Å². The molecule has 0 radical (unpaired) electrons. The Balaban J connectivity index is 2.55. The minimum Gasteiger partial charge on any atom is -0.392 e. The number of amides is 1. The molecule has 1 rings (SSSR count). The molecule has 0 spiro atoms. The van der Waals surface area contributed by atoms with Crippen LogP contribution in [0.2, 0.25) is 0 Å². The van der Waals surface area contributed by atoms with Crippen molar-refractivity contribution in [2.45, 2.75) is 39.0 Å². The molecule has 0 fully saturated rings. The molecule has 1 aromatic carbocycles. The van der Waals surface area contributed by atoms with Gasteiger partial charge in [-0.15, -0.1) is 0 Å². The summed E-state index contributed by atoms with van der Waals surface area (Å²) >= 11 is 0. The molecule has 0 saturated carbocycles. The number of ketones is 1. The number of benzene rings is 1. The highest BCUT2D eigenvalue weighted by Gasteiger charge is 2.17. The Morgan fingerprint density at radius 2 is 1.74 bits per heavy atom. The summed E-state index contributed by atoms with van der Waals surface area (Å²) < 4.78 is 0. The molecule has 0 bridgehead atoms. The normalized spacial score (nSPS) is 13.7. The van der Waals surface area contributed by atoms with Gasteiger partial charge in [0.1, 0.15) is 0 Å². The third-order valence-corrected chi connectivity index (χ3v) is 2.84. The molecular weight excluding hydrogens is 244 g/mol. The van der Waals surface area contributed by atoms with Crippen LogP contribution in [-0.2, 0) is 22.6 Å². The van der Waals surface area contributed by atoms with E-state index in [1.165, 1.54) is 0 Å². The van der Waals surface area contributed by atoms with E-state index in [0.29, 0.717) is 0 Å². The summed E-state index contributed by atoms with van der Waals surface area (Å²) in [5, 5.41) is 11.5. The van der Waals surface area contributed by atoms with Crippen molar-refractivity contribution in [3.05, 3.63) is 35.4 Å². The summed E-state index contributed by atoms with van der Waals surface area (Å²) in [4.78, 5) is 23.3. The fourth-order valence-corrected chi connectivity index (χ4v) is 1.54. The highest BCUT2D eigenvalue weighted by Crippen LogP contribution is 2.06. The highest BCUT2D eigenvalue weighted by molar-refractivity contribution is 5.91. The molecule has 0 aromatic heterocycles. The van der Waals surface area contributed by atoms with Gasteiger partial charge in [-0.1, -0.05) is 24.3 Å². The number of nitrogens with two attached hydrogens (primary N) is 1. The molecule has 5 nitrogen and oxygen atoms in total. The number of aliphatic hydroxyl groups is 1. The fraction of sp³-hybridized carbons (Fsp3) is 0.429. The third-order valence-electron chi connectivity index (χ3n) is 2.84. The van der Waals surface area contributed by atoms with E-state index in [2.05, 4.69) is 5.32 Å². The van der Waals surface area contributed by atoms with Crippen LogP contribution in [0.5, 0.6) is 0 Å². The molecule has 0 saturated heterocycles. The van der Waals surface area contributed by atoms with E-state index in [1.807, 2.05) is 0 Å². The second-order valence-corrected chi connectivity index (χ2v) is 4.64. The SMILES string of the molecule is C[C@H](N)C(=O)N[C@@H](C)C(=O)Cc1ccc(CO)cc1. The zero-order valence-corrected chi connectivity index (χ0v) is 11.2. The molecule has 19 heavy (non-hydrogen) atoms. The van der Waals surface area contributed by atoms with Crippen molar-refractivity contribution < 1.29 is 14.7 Å². The van der Waals surface area contributed by atoms with Gasteiger partial charge in [-0.05, 0) is 25.0 Å². The van der Waals surface area contributed by atoms with Gasteiger partial charge >= 0.3 is 0 Å². The molecule has 4 N–H and O–H groups in total. The summed E-state index contributed by atoms with van der Waals surface area (Å²) in [6.07, 6.45) is 0.242. The summed E-state index contributed by atoms with van der Waals surface area (Å²) in [5.74, 6) is -0.415. The third kappa shape index (κ3) is 4.81. The van der Waals surface area contributed by atoms with Crippen LogP contribution in [0.1, 0.15) is 25.0 Å². The number of hydrogen-bond acceptors (Lipinski definition) is 4. The van der Waals surface area contributed by atoms with Crippen LogP contribution < -0.4 is 11.1 Å². The van der Waals surface area contributed by atoms with Crippen molar-refractivity contribution in [3.63, 3.8) is 0 Å². The zero-order valence-electron chi connectivity index (χ0n) is 11.2. The topological polar surface area (TPSA) is 92.4 Å². The molecular formula is C14H20N2O3. The summed E-state index contributed by atoms with van der Waals surface area (Å²) in [7, 11) is 0. The second-order valence-electron chi connectivity index (χ2n) is 4.64. The number of nitrogens with one attached hydrogen (secondary N) is 1. The van der Waals surface area contributed by atoms with Crippen LogP contribution in [0.25, 0.3) is 0 Å². The van der Waals surface area contributed by atoms with E-state index < -0.39 is 12.1 Å². The molecule has 104 valence electrons. The predicted molar refractivity (Wildman–Crippen MR) is 72.3 cm³/mol. The lowest BCUT2D eigenvalue weighted by atomic mass is 10.0. The second kappa shape index (κ2) is 7.01. The maximum atomic E-state index is 11.9. The van der Waals surface area contributed by atoms with E-state index >= 15 is 0 Å². The smallest absolute Gasteiger partial charge is 0.237 e. The molecule has 0 aliphatic heterocycles. The maximum Gasteiger partial charge on any atom is 0.237 e. The van der Waals surface area contributed by atoms with Gasteiger partial charge in [0.15, 0.2) is 5.78 Å². The Bertz CT molecular complexity index is 441. The Labute approximate surface area is 112 Å². The van der Waals surface area contributed by atoms with Gasteiger partial charge < -0.3 is 16.2 Å². The Morgan fingerprint density at radius 3 is 2.21 bits per heavy atom. The lowest BCUT2D eigenvalue weighted by Gasteiger charge is -2.14. The fourth-order valence-electron chi connectivity index (χ4n) is 1.54. The number of hydrogen-bond donors (Lipinski definition) is 3. The van der Waals surface area contributed by atoms with Crippen LogP contribution in [0.3, 0.4) is 0 Å². The van der Waals surface area contributed by atoms with Gasteiger partial charge in [-0.25, -0.2) is 0 Å². The molecule has 1 amide bonds. The van der Waals surface area contributed by atoms with Crippen LogP contribution in [-0.4, -0.2) is 28.9 Å². The van der Waals surface area contributed by atoms with E-state index in [0.717, 1.165) is 11.1 Å². The maximum absolute atomic E-state index is 11.9. The van der Waals surface area contributed by atoms with Crippen LogP contribution in [0.15, 0.2) is 24.3 Å². The van der Waals surface area contributed by atoms with Crippen molar-refractivity contribution in [2.24, 2.45) is 5.73 Å². The lowest BCUT2D eigenvalue weighted by Crippen LogP contribution is -2.46. The van der Waals surface area contributed by atoms with Crippen LogP contribution >= 0.6 is 0 Å². The van der Waals surface area contributed by atoms with Crippen LogP contribution in [0.4, 0.5) is 0 Å². The quantitative estimate of drug-likeness (QED) is 0.681. The Morgan fingerprint density at radius 1 is 1.21 bits per heavy atom. The molecule has 5 heteroatoms. The molecule has 0 unspecified atom stereocenters. The average Bonchev–Trinajstić information content (AvgIpc) is 2.39. The van der Waals surface area contributed by atoms with Gasteiger partial charge in [0.2, 0.25) is 5.91 Å². The first-order valence-corrected chi connectivity index (χ1v) is 6.21. The summed E-state index contributed by atoms with van der Waals surface area (Å²) in [5.41, 5.74) is 7.07. The molecule has 0 aliphatic rings. The first-order chi connectivity index (χ1) is 8.93. The predicted octanol–water partition coefficient (Wildman–Crippen LogP) is 0.142. The zero-order chi connectivity index (χ0) is 14.4. The van der Waals surface area contributed by atoms with Gasteiger partial charge in [0.25, 0.3) is 0 Å². The lowest BCUT2D eigenvalue weighted by molar-refractivity contribution is -0.127. The largest absolute Gasteiger partial charge is 0.392 e. The van der Waals surface area contributed by atoms with E-state index in [9.17, 15) is 9.59 Å². The number of aliphatic hydroxyl groups excluding tert-OH is 1. The minimum absolute atomic E-state index is 0.0188. The van der Waals surface area contributed by atoms with Gasteiger partial charge in [-0.2, -0.15) is 0 Å². The van der Waals surface area contributed by atoms with Crippen molar-refractivity contribution in [3.8, 4) is 0 Å². The minimum atomic E-state index is -0.626. The van der Waals surface area contributed by atoms with Crippen molar-refractivity contribution in [1.82, 2.24) is 5.32 Å². The van der Waals surface area contributed by atoms with E-state index in [1.54, 1.807) is 38.1 Å². The van der Waals surface area contributed by atoms with Gasteiger partial charge in [0.05, 0.1) is 18.7 Å². The average molecular weight is 264 g/mol. The highest BCUT2D eigenvalue weighted by atomic mass is 16.3. The number of Topliss-reactive ketones (excluding diaryl/α,β-unsaturated/α-hetero) is 1. The Kier molecular flexibility index (Phi) is 5.66. The standard InChI is InChI=1S/C14H20N2O3/c1-9(15)14(19)16-10(2)13(18)7-11-3-5-12(8-17)6-4-11/h3-6,9-10,17H,7-8,15H2,1-2H3,(H,16,19)/t9-,10-/m0/s1. The van der Waals surface area contributed by atoms with Gasteiger partial charge in [-0.3, -0.25) is 9.59 Å². The van der Waals surface area contributed by atoms with Gasteiger partial charge in [0, 0.05) is 6.42 Å². The first-order valence-electron chi connectivity index (χ1n) is 6.21.